The van der Waals surface area contributed by atoms with E-state index in [1.807, 2.05) is 0 Å². The van der Waals surface area contributed by atoms with Gasteiger partial charge in [0.25, 0.3) is 0 Å². The van der Waals surface area contributed by atoms with Crippen molar-refractivity contribution in [1.82, 2.24) is 0 Å². The first kappa shape index (κ1) is 29.6. The molecule has 2 unspecified atom stereocenters. The molecule has 0 spiro atoms. The van der Waals surface area contributed by atoms with Gasteiger partial charge in [0, 0.05) is 40.9 Å². The first-order valence-corrected chi connectivity index (χ1v) is 14.3. The lowest BCUT2D eigenvalue weighted by molar-refractivity contribution is -0.228. The van der Waals surface area contributed by atoms with E-state index in [1.165, 1.54) is 38.3 Å². The van der Waals surface area contributed by atoms with Crippen molar-refractivity contribution in [3.8, 4) is 0 Å². The van der Waals surface area contributed by atoms with Gasteiger partial charge in [-0.3, -0.25) is 14.4 Å². The van der Waals surface area contributed by atoms with Gasteiger partial charge >= 0.3 is 11.9 Å². The quantitative estimate of drug-likeness (QED) is 0.376. The Kier molecular flexibility index (Phi) is 7.79. The predicted molar refractivity (Wildman–Crippen MR) is 141 cm³/mol. The van der Waals surface area contributed by atoms with E-state index in [0.29, 0.717) is 0 Å². The Bertz CT molecular complexity index is 1170. The minimum absolute atomic E-state index is 0.00599. The Morgan fingerprint density at radius 1 is 1.23 bits per heavy atom. The van der Waals surface area contributed by atoms with E-state index in [0.717, 1.165) is 17.8 Å². The highest BCUT2D eigenvalue weighted by atomic mass is 32.2. The van der Waals surface area contributed by atoms with Crippen LogP contribution in [0.5, 0.6) is 0 Å². The van der Waals surface area contributed by atoms with E-state index in [4.69, 9.17) is 4.74 Å². The highest BCUT2D eigenvalue weighted by molar-refractivity contribution is 8.14. The number of thioether (sulfide) groups is 1. The van der Waals surface area contributed by atoms with Crippen molar-refractivity contribution >= 4 is 34.6 Å². The highest BCUT2D eigenvalue weighted by Crippen LogP contribution is 2.72. The zero-order valence-electron chi connectivity index (χ0n) is 22.9. The van der Waals surface area contributed by atoms with Crippen molar-refractivity contribution in [3.63, 3.8) is 0 Å². The standard InChI is InChI=1S/C29H36F2O7S/c1-6-23(34)38-29(25(36)39-11-7-8-24(35)37-5)16(2)12-18-19-14-21(30)20-13-17(32)9-10-26(20,3)28(19,31)22(33)15-27(18,29)4/h7-10,13,16,18-19,21-22,33H,6,11-12,14-15H2,1-5H3/b8-7+/t16-,18?,19?,21+,22+,26+,27+,28+,29+/m1/s1. The fourth-order valence-electron chi connectivity index (χ4n) is 7.91. The van der Waals surface area contributed by atoms with Crippen LogP contribution in [0.2, 0.25) is 0 Å². The summed E-state index contributed by atoms with van der Waals surface area (Å²) in [5, 5.41) is 11.1. The molecule has 4 aliphatic rings. The van der Waals surface area contributed by atoms with Gasteiger partial charge in [0.15, 0.2) is 17.1 Å². The van der Waals surface area contributed by atoms with Gasteiger partial charge < -0.3 is 14.6 Å². The zero-order valence-corrected chi connectivity index (χ0v) is 23.7. The molecule has 7 nitrogen and oxygen atoms in total. The number of hydrogen-bond donors (Lipinski definition) is 1. The number of halogens is 2. The monoisotopic (exact) mass is 566 g/mol. The summed E-state index contributed by atoms with van der Waals surface area (Å²) in [5.41, 5.74) is -6.71. The maximum absolute atomic E-state index is 17.4. The average molecular weight is 567 g/mol. The molecule has 0 bridgehead atoms. The van der Waals surface area contributed by atoms with Crippen LogP contribution in [0.1, 0.15) is 53.4 Å². The number of hydrogen-bond acceptors (Lipinski definition) is 8. The van der Waals surface area contributed by atoms with Gasteiger partial charge in [0.1, 0.15) is 6.17 Å². The number of carbonyl (C=O) groups is 4. The maximum atomic E-state index is 17.4. The van der Waals surface area contributed by atoms with Gasteiger partial charge in [-0.15, -0.1) is 0 Å². The largest absolute Gasteiger partial charge is 0.466 e. The third-order valence-electron chi connectivity index (χ3n) is 9.80. The smallest absolute Gasteiger partial charge is 0.330 e. The van der Waals surface area contributed by atoms with E-state index in [1.54, 1.807) is 20.8 Å². The third kappa shape index (κ3) is 4.15. The fourth-order valence-corrected chi connectivity index (χ4v) is 8.95. The van der Waals surface area contributed by atoms with Crippen LogP contribution >= 0.6 is 11.8 Å². The Balaban J connectivity index is 1.78. The summed E-state index contributed by atoms with van der Waals surface area (Å²) in [6.45, 7) is 6.62. The van der Waals surface area contributed by atoms with Gasteiger partial charge in [-0.25, -0.2) is 13.6 Å². The molecule has 0 saturated heterocycles. The van der Waals surface area contributed by atoms with Gasteiger partial charge in [-0.2, -0.15) is 0 Å². The summed E-state index contributed by atoms with van der Waals surface area (Å²) in [6.07, 6.45) is 2.97. The maximum Gasteiger partial charge on any atom is 0.330 e. The van der Waals surface area contributed by atoms with Gasteiger partial charge in [-0.1, -0.05) is 44.7 Å². The molecule has 1 N–H and O–H groups in total. The van der Waals surface area contributed by atoms with E-state index in [9.17, 15) is 24.3 Å². The fraction of sp³-hybridized carbons (Fsp3) is 0.655. The first-order valence-electron chi connectivity index (χ1n) is 13.3. The minimum atomic E-state index is -2.30. The molecular weight excluding hydrogens is 530 g/mol. The normalized spacial score (nSPS) is 42.8. The molecule has 214 valence electrons. The van der Waals surface area contributed by atoms with Crippen molar-refractivity contribution in [3.05, 3.63) is 36.0 Å². The predicted octanol–water partition coefficient (Wildman–Crippen LogP) is 4.23. The number of ketones is 1. The van der Waals surface area contributed by atoms with Crippen LogP contribution in [0.15, 0.2) is 36.0 Å². The molecule has 0 amide bonds. The summed E-state index contributed by atoms with van der Waals surface area (Å²) in [7, 11) is 1.23. The van der Waals surface area contributed by atoms with Crippen LogP contribution in [0.4, 0.5) is 8.78 Å². The van der Waals surface area contributed by atoms with Crippen LogP contribution in [0, 0.1) is 28.6 Å². The molecule has 0 aromatic rings. The summed E-state index contributed by atoms with van der Waals surface area (Å²) < 4.78 is 43.7. The number of allylic oxidation sites excluding steroid dienone is 4. The first-order chi connectivity index (χ1) is 18.2. The Labute approximate surface area is 231 Å². The molecule has 0 aromatic carbocycles. The SMILES string of the molecule is CCC(=O)O[C@]1(C(=O)SC/C=C/C(=O)OC)[C@H](C)CC2C3C[C@H](F)C4=CC(=O)C=C[C@]4(C)[C@@]3(F)[C@@H](O)C[C@@]21C. The summed E-state index contributed by atoms with van der Waals surface area (Å²) in [4.78, 5) is 50.2. The molecule has 4 aliphatic carbocycles. The average Bonchev–Trinajstić information content (AvgIpc) is 3.11. The van der Waals surface area contributed by atoms with Gasteiger partial charge in [0.05, 0.1) is 13.2 Å². The third-order valence-corrected chi connectivity index (χ3v) is 10.7. The molecular formula is C29H36F2O7S. The lowest BCUT2D eigenvalue weighted by Crippen LogP contribution is -2.70. The number of rotatable bonds is 6. The summed E-state index contributed by atoms with van der Waals surface area (Å²) >= 11 is 0.865. The van der Waals surface area contributed by atoms with Crippen LogP contribution in [0.25, 0.3) is 0 Å². The van der Waals surface area contributed by atoms with Crippen LogP contribution in [-0.4, -0.2) is 64.4 Å². The molecule has 0 radical (unpaired) electrons. The van der Waals surface area contributed by atoms with E-state index < -0.39 is 75.0 Å². The Morgan fingerprint density at radius 3 is 2.56 bits per heavy atom. The van der Waals surface area contributed by atoms with Gasteiger partial charge in [-0.05, 0) is 49.8 Å². The molecule has 3 saturated carbocycles. The molecule has 0 aliphatic heterocycles. The van der Waals surface area contributed by atoms with Crippen LogP contribution < -0.4 is 0 Å². The highest BCUT2D eigenvalue weighted by Gasteiger charge is 2.78. The van der Waals surface area contributed by atoms with Crippen LogP contribution in [-0.2, 0) is 28.7 Å². The van der Waals surface area contributed by atoms with E-state index in [-0.39, 0.29) is 37.0 Å². The van der Waals surface area contributed by atoms with E-state index in [2.05, 4.69) is 4.74 Å². The number of carbonyl (C=O) groups excluding carboxylic acids is 4. The number of ether oxygens (including phenoxy) is 2. The number of esters is 2. The molecule has 0 heterocycles. The second kappa shape index (κ2) is 10.3. The Hall–Kier alpha value is -2.33. The van der Waals surface area contributed by atoms with Crippen molar-refractivity contribution < 1.29 is 42.5 Å². The zero-order chi connectivity index (χ0) is 29.0. The van der Waals surface area contributed by atoms with Crippen molar-refractivity contribution in [2.45, 2.75) is 76.9 Å². The molecule has 39 heavy (non-hydrogen) atoms. The number of methoxy groups -OCH3 is 1. The minimum Gasteiger partial charge on any atom is -0.466 e. The number of fused-ring (bicyclic) bond motifs is 5. The molecule has 4 rings (SSSR count). The van der Waals surface area contributed by atoms with Crippen molar-refractivity contribution in [2.24, 2.45) is 28.6 Å². The molecule has 3 fully saturated rings. The summed E-state index contributed by atoms with van der Waals surface area (Å²) in [6, 6.07) is 0. The lowest BCUT2D eigenvalue weighted by Gasteiger charge is -2.63. The molecule has 0 aromatic heterocycles. The second-order valence-electron chi connectivity index (χ2n) is 11.6. The van der Waals surface area contributed by atoms with Crippen LogP contribution in [0.3, 0.4) is 0 Å². The lowest BCUT2D eigenvalue weighted by atomic mass is 9.44. The summed E-state index contributed by atoms with van der Waals surface area (Å²) in [5.74, 6) is -3.65. The molecule has 10 heteroatoms. The van der Waals surface area contributed by atoms with Crippen molar-refractivity contribution in [2.75, 3.05) is 12.9 Å². The number of alkyl halides is 2. The number of aliphatic hydroxyl groups is 1. The van der Waals surface area contributed by atoms with Crippen molar-refractivity contribution in [1.29, 1.82) is 0 Å². The number of aliphatic hydroxyl groups excluding tert-OH is 1. The van der Waals surface area contributed by atoms with Gasteiger partial charge in [0.2, 0.25) is 5.12 Å². The molecule has 9 atom stereocenters. The second-order valence-corrected chi connectivity index (χ2v) is 12.6. The topological polar surface area (TPSA) is 107 Å². The van der Waals surface area contributed by atoms with E-state index >= 15 is 8.78 Å². The Morgan fingerprint density at radius 2 is 1.92 bits per heavy atom.